The van der Waals surface area contributed by atoms with Crippen LogP contribution in [0.5, 0.6) is 0 Å². The molecule has 0 aliphatic heterocycles. The lowest BCUT2D eigenvalue weighted by molar-refractivity contribution is -0.137. The Morgan fingerprint density at radius 3 is 2.80 bits per heavy atom. The van der Waals surface area contributed by atoms with Crippen molar-refractivity contribution in [3.63, 3.8) is 0 Å². The van der Waals surface area contributed by atoms with Crippen molar-refractivity contribution in [3.8, 4) is 0 Å². The number of rotatable bonds is 0. The van der Waals surface area contributed by atoms with Gasteiger partial charge in [0, 0.05) is 12.3 Å². The van der Waals surface area contributed by atoms with E-state index in [4.69, 9.17) is 0 Å². The smallest absolute Gasteiger partial charge is 0.141 e. The predicted molar refractivity (Wildman–Crippen MR) is 39.6 cm³/mol. The van der Waals surface area contributed by atoms with Gasteiger partial charge in [0.2, 0.25) is 0 Å². The second-order valence-electron chi connectivity index (χ2n) is 3.88. The van der Waals surface area contributed by atoms with E-state index >= 15 is 0 Å². The largest absolute Gasteiger partial charge is 0.299 e. The number of hydrogen-bond acceptors (Lipinski definition) is 1. The third-order valence-corrected chi connectivity index (χ3v) is 2.94. The van der Waals surface area contributed by atoms with Crippen LogP contribution < -0.4 is 0 Å². The molecule has 0 saturated heterocycles. The average Bonchev–Trinajstić information content (AvgIpc) is 2.03. The normalized spacial score (nSPS) is 44.4. The molecule has 0 radical (unpaired) electrons. The molecule has 0 aromatic heterocycles. The van der Waals surface area contributed by atoms with Crippen molar-refractivity contribution < 1.29 is 4.79 Å². The van der Waals surface area contributed by atoms with Crippen molar-refractivity contribution in [3.05, 3.63) is 11.6 Å². The fourth-order valence-electron chi connectivity index (χ4n) is 2.37. The maximum Gasteiger partial charge on any atom is 0.141 e. The van der Waals surface area contributed by atoms with Crippen LogP contribution in [0.3, 0.4) is 0 Å². The van der Waals surface area contributed by atoms with Crippen molar-refractivity contribution >= 4 is 5.78 Å². The van der Waals surface area contributed by atoms with Gasteiger partial charge in [0.25, 0.3) is 0 Å². The number of carbonyl (C=O) groups excluding carboxylic acids is 1. The van der Waals surface area contributed by atoms with Crippen LogP contribution in [0.15, 0.2) is 11.6 Å². The van der Waals surface area contributed by atoms with E-state index in [-0.39, 0.29) is 0 Å². The Morgan fingerprint density at radius 2 is 2.40 bits per heavy atom. The number of fused-ring (bicyclic) bond motifs is 1. The lowest BCUT2D eigenvalue weighted by atomic mass is 9.60. The summed E-state index contributed by atoms with van der Waals surface area (Å²) in [5.41, 5.74) is 1.64. The monoisotopic (exact) mass is 136 g/mol. The fraction of sp³-hybridized carbons (Fsp3) is 0.667. The zero-order valence-electron chi connectivity index (χ0n) is 6.48. The number of hydrogen-bond donors (Lipinski definition) is 0. The summed E-state index contributed by atoms with van der Waals surface area (Å²) >= 11 is 0. The summed E-state index contributed by atoms with van der Waals surface area (Å²) in [6.45, 7) is 4.29. The molecule has 0 aromatic carbocycles. The van der Waals surface area contributed by atoms with Crippen LogP contribution in [0.2, 0.25) is 0 Å². The Labute approximate surface area is 61.1 Å². The minimum atomic E-state index is 0.299. The molecule has 0 unspecified atom stereocenters. The Morgan fingerprint density at radius 1 is 1.70 bits per heavy atom. The molecule has 0 bridgehead atoms. The number of Topliss-reactive ketones (excluding diaryl/α,β-unsaturated/α-hetero) is 1. The summed E-state index contributed by atoms with van der Waals surface area (Å²) in [5, 5.41) is 0. The van der Waals surface area contributed by atoms with Gasteiger partial charge < -0.3 is 0 Å². The van der Waals surface area contributed by atoms with Gasteiger partial charge in [-0.1, -0.05) is 18.6 Å². The van der Waals surface area contributed by atoms with E-state index in [2.05, 4.69) is 19.9 Å². The van der Waals surface area contributed by atoms with Crippen molar-refractivity contribution in [2.45, 2.75) is 26.7 Å². The average molecular weight is 136 g/mol. The molecular formula is C9H12O. The Bertz CT molecular complexity index is 227. The highest BCUT2D eigenvalue weighted by atomic mass is 16.1. The van der Waals surface area contributed by atoms with E-state index in [0.717, 1.165) is 12.8 Å². The highest BCUT2D eigenvalue weighted by Crippen LogP contribution is 2.54. The van der Waals surface area contributed by atoms with Gasteiger partial charge >= 0.3 is 0 Å². The maximum absolute atomic E-state index is 11.1. The molecule has 10 heavy (non-hydrogen) atoms. The molecule has 0 aromatic rings. The highest BCUT2D eigenvalue weighted by Gasteiger charge is 2.52. The van der Waals surface area contributed by atoms with Crippen molar-refractivity contribution in [1.82, 2.24) is 0 Å². The van der Waals surface area contributed by atoms with Crippen molar-refractivity contribution in [1.29, 1.82) is 0 Å². The summed E-state index contributed by atoms with van der Waals surface area (Å²) in [7, 11) is 0. The first kappa shape index (κ1) is 6.14. The summed E-state index contributed by atoms with van der Waals surface area (Å²) in [4.78, 5) is 11.1. The van der Waals surface area contributed by atoms with Crippen molar-refractivity contribution in [2.75, 3.05) is 0 Å². The Kier molecular flexibility index (Phi) is 0.936. The van der Waals surface area contributed by atoms with Crippen molar-refractivity contribution in [2.24, 2.45) is 11.3 Å². The van der Waals surface area contributed by atoms with E-state index in [9.17, 15) is 4.79 Å². The predicted octanol–water partition coefficient (Wildman–Crippen LogP) is 1.93. The second kappa shape index (κ2) is 1.52. The van der Waals surface area contributed by atoms with Crippen LogP contribution in [-0.2, 0) is 4.79 Å². The SMILES string of the molecule is CC1=CC[C@@]2(C)CC(=O)[C@@H]12. The van der Waals surface area contributed by atoms with E-state index < -0.39 is 0 Å². The lowest BCUT2D eigenvalue weighted by Crippen LogP contribution is -2.43. The fourth-order valence-corrected chi connectivity index (χ4v) is 2.37. The third-order valence-electron chi connectivity index (χ3n) is 2.94. The molecule has 0 spiro atoms. The van der Waals surface area contributed by atoms with Crippen LogP contribution in [0.4, 0.5) is 0 Å². The summed E-state index contributed by atoms with van der Waals surface area (Å²) in [6.07, 6.45) is 4.15. The van der Waals surface area contributed by atoms with Gasteiger partial charge in [-0.05, 0) is 18.8 Å². The van der Waals surface area contributed by atoms with Gasteiger partial charge in [-0.2, -0.15) is 0 Å². The van der Waals surface area contributed by atoms with Crippen LogP contribution in [0, 0.1) is 11.3 Å². The second-order valence-corrected chi connectivity index (χ2v) is 3.88. The highest BCUT2D eigenvalue weighted by molar-refractivity contribution is 5.92. The Balaban J connectivity index is 2.32. The molecule has 2 rings (SSSR count). The maximum atomic E-state index is 11.1. The zero-order valence-corrected chi connectivity index (χ0v) is 6.48. The summed E-state index contributed by atoms with van der Waals surface area (Å²) < 4.78 is 0. The molecule has 1 nitrogen and oxygen atoms in total. The Hall–Kier alpha value is -0.590. The molecule has 0 amide bonds. The molecule has 0 N–H and O–H groups in total. The van der Waals surface area contributed by atoms with Gasteiger partial charge in [0.15, 0.2) is 0 Å². The van der Waals surface area contributed by atoms with Gasteiger partial charge in [0.1, 0.15) is 5.78 Å². The topological polar surface area (TPSA) is 17.1 Å². The first-order chi connectivity index (χ1) is 4.63. The molecule has 0 heterocycles. The van der Waals surface area contributed by atoms with E-state index in [1.165, 1.54) is 5.57 Å². The molecule has 54 valence electrons. The molecule has 2 atom stereocenters. The van der Waals surface area contributed by atoms with E-state index in [1.54, 1.807) is 0 Å². The first-order valence-corrected chi connectivity index (χ1v) is 3.83. The third kappa shape index (κ3) is 0.511. The van der Waals surface area contributed by atoms with E-state index in [0.29, 0.717) is 17.1 Å². The first-order valence-electron chi connectivity index (χ1n) is 3.83. The van der Waals surface area contributed by atoms with Crippen LogP contribution >= 0.6 is 0 Å². The molecule has 2 aliphatic rings. The summed E-state index contributed by atoms with van der Waals surface area (Å²) in [6, 6.07) is 0. The quantitative estimate of drug-likeness (QED) is 0.465. The van der Waals surface area contributed by atoms with Crippen LogP contribution in [-0.4, -0.2) is 5.78 Å². The van der Waals surface area contributed by atoms with Gasteiger partial charge in [-0.3, -0.25) is 4.79 Å². The van der Waals surface area contributed by atoms with Gasteiger partial charge in [-0.15, -0.1) is 0 Å². The van der Waals surface area contributed by atoms with Crippen LogP contribution in [0.1, 0.15) is 26.7 Å². The standard InChI is InChI=1S/C9H12O/c1-6-3-4-9(2)5-7(10)8(6)9/h3,8H,4-5H2,1-2H3/t8-,9+/m1/s1. The lowest BCUT2D eigenvalue weighted by Gasteiger charge is -2.41. The number of ketones is 1. The molecule has 2 aliphatic carbocycles. The summed E-state index contributed by atoms with van der Waals surface area (Å²) in [5.74, 6) is 0.751. The minimum Gasteiger partial charge on any atom is -0.299 e. The van der Waals surface area contributed by atoms with Gasteiger partial charge in [-0.25, -0.2) is 0 Å². The zero-order chi connectivity index (χ0) is 7.35. The van der Waals surface area contributed by atoms with Crippen LogP contribution in [0.25, 0.3) is 0 Å². The molecule has 1 fully saturated rings. The molecule has 1 heteroatoms. The minimum absolute atomic E-state index is 0.299. The molecule has 1 saturated carbocycles. The van der Waals surface area contributed by atoms with Gasteiger partial charge in [0.05, 0.1) is 0 Å². The van der Waals surface area contributed by atoms with E-state index in [1.807, 2.05) is 0 Å². The molecular weight excluding hydrogens is 124 g/mol. The number of carbonyl (C=O) groups is 1. The number of allylic oxidation sites excluding steroid dienone is 2.